The molecule has 3 heteroatoms. The van der Waals surface area contributed by atoms with Gasteiger partial charge in [-0.1, -0.05) is 29.8 Å². The molecule has 2 rings (SSSR count). The maximum atomic E-state index is 11.7. The van der Waals surface area contributed by atoms with Crippen LogP contribution >= 0.6 is 0 Å². The Balaban J connectivity index is 2.55. The molecule has 0 aliphatic carbocycles. The average molecular weight is 229 g/mol. The lowest BCUT2D eigenvalue weighted by Crippen LogP contribution is -2.01. The average Bonchev–Trinajstić information content (AvgIpc) is 2.70. The van der Waals surface area contributed by atoms with E-state index in [1.807, 2.05) is 42.9 Å². The Hall–Kier alpha value is -2.03. The summed E-state index contributed by atoms with van der Waals surface area (Å²) in [5, 5.41) is 0. The van der Waals surface area contributed by atoms with E-state index in [0.717, 1.165) is 11.1 Å². The summed E-state index contributed by atoms with van der Waals surface area (Å²) in [6.07, 6.45) is 3.71. The number of carbonyl (C=O) groups excluding carboxylic acids is 1. The lowest BCUT2D eigenvalue weighted by atomic mass is 10.0. The molecule has 1 aromatic carbocycles. The van der Waals surface area contributed by atoms with Gasteiger partial charge in [0, 0.05) is 25.0 Å². The Morgan fingerprint density at radius 2 is 2.06 bits per heavy atom. The maximum Gasteiger partial charge on any atom is 0.340 e. The van der Waals surface area contributed by atoms with Gasteiger partial charge in [-0.2, -0.15) is 0 Å². The molecule has 0 aliphatic heterocycles. The summed E-state index contributed by atoms with van der Waals surface area (Å²) in [5.74, 6) is -0.304. The van der Waals surface area contributed by atoms with Crippen molar-refractivity contribution in [2.75, 3.05) is 7.11 Å². The zero-order valence-corrected chi connectivity index (χ0v) is 10.2. The first-order valence-electron chi connectivity index (χ1n) is 5.43. The van der Waals surface area contributed by atoms with Gasteiger partial charge in [-0.05, 0) is 12.5 Å². The van der Waals surface area contributed by atoms with E-state index in [9.17, 15) is 4.79 Å². The van der Waals surface area contributed by atoms with Crippen molar-refractivity contribution in [3.63, 3.8) is 0 Å². The number of rotatable bonds is 2. The van der Waals surface area contributed by atoms with Gasteiger partial charge in [0.15, 0.2) is 0 Å². The number of ether oxygens (including phenoxy) is 1. The van der Waals surface area contributed by atoms with Gasteiger partial charge in [0.2, 0.25) is 0 Å². The molecule has 1 aromatic heterocycles. The largest absolute Gasteiger partial charge is 0.465 e. The second-order valence-corrected chi connectivity index (χ2v) is 4.11. The number of nitrogens with zero attached hydrogens (tertiary/aromatic N) is 1. The van der Waals surface area contributed by atoms with Gasteiger partial charge in [-0.3, -0.25) is 0 Å². The maximum absolute atomic E-state index is 11.7. The normalized spacial score (nSPS) is 10.3. The molecule has 3 nitrogen and oxygen atoms in total. The summed E-state index contributed by atoms with van der Waals surface area (Å²) >= 11 is 0. The molecule has 0 N–H and O–H groups in total. The molecule has 0 unspecified atom stereocenters. The molecular formula is C14H15NO2. The Labute approximate surface area is 101 Å². The number of carbonyl (C=O) groups is 1. The minimum absolute atomic E-state index is 0.304. The van der Waals surface area contributed by atoms with Gasteiger partial charge < -0.3 is 9.30 Å². The van der Waals surface area contributed by atoms with Crippen molar-refractivity contribution in [1.29, 1.82) is 0 Å². The minimum Gasteiger partial charge on any atom is -0.465 e. The molecule has 2 aromatic rings. The second-order valence-electron chi connectivity index (χ2n) is 4.11. The van der Waals surface area contributed by atoms with Crippen LogP contribution < -0.4 is 0 Å². The van der Waals surface area contributed by atoms with Gasteiger partial charge in [0.25, 0.3) is 0 Å². The molecule has 88 valence electrons. The third-order valence-corrected chi connectivity index (χ3v) is 2.69. The van der Waals surface area contributed by atoms with Crippen LogP contribution in [0.3, 0.4) is 0 Å². The van der Waals surface area contributed by atoms with E-state index in [1.165, 1.54) is 12.7 Å². The predicted octanol–water partition coefficient (Wildman–Crippen LogP) is 2.79. The van der Waals surface area contributed by atoms with Crippen LogP contribution in [0.4, 0.5) is 0 Å². The van der Waals surface area contributed by atoms with Crippen LogP contribution in [0.5, 0.6) is 0 Å². The third-order valence-electron chi connectivity index (χ3n) is 2.69. The number of hydrogen-bond acceptors (Lipinski definition) is 2. The van der Waals surface area contributed by atoms with E-state index in [0.29, 0.717) is 5.56 Å². The van der Waals surface area contributed by atoms with E-state index in [-0.39, 0.29) is 5.97 Å². The zero-order valence-electron chi connectivity index (χ0n) is 10.2. The first kappa shape index (κ1) is 11.5. The van der Waals surface area contributed by atoms with E-state index in [4.69, 9.17) is 4.74 Å². The molecular weight excluding hydrogens is 214 g/mol. The molecule has 0 spiro atoms. The summed E-state index contributed by atoms with van der Waals surface area (Å²) in [4.78, 5) is 11.7. The summed E-state index contributed by atoms with van der Waals surface area (Å²) in [5.41, 5.74) is 3.71. The topological polar surface area (TPSA) is 31.2 Å². The lowest BCUT2D eigenvalue weighted by Gasteiger charge is -2.03. The van der Waals surface area contributed by atoms with Crippen molar-refractivity contribution in [3.05, 3.63) is 47.8 Å². The number of aromatic nitrogens is 1. The fraction of sp³-hybridized carbons (Fsp3) is 0.214. The molecule has 0 atom stereocenters. The highest BCUT2D eigenvalue weighted by Gasteiger charge is 2.15. The molecule has 0 saturated carbocycles. The van der Waals surface area contributed by atoms with Crippen LogP contribution in [0.2, 0.25) is 0 Å². The zero-order chi connectivity index (χ0) is 12.4. The highest BCUT2D eigenvalue weighted by atomic mass is 16.5. The Morgan fingerprint density at radius 3 is 2.71 bits per heavy atom. The van der Waals surface area contributed by atoms with Crippen molar-refractivity contribution in [1.82, 2.24) is 4.57 Å². The van der Waals surface area contributed by atoms with Crippen LogP contribution in [0.25, 0.3) is 11.1 Å². The van der Waals surface area contributed by atoms with Crippen LogP contribution in [-0.2, 0) is 11.8 Å². The molecule has 0 fully saturated rings. The van der Waals surface area contributed by atoms with E-state index < -0.39 is 0 Å². The standard InChI is InChI=1S/C14H15NO2/c1-10-5-4-6-11(7-10)12-8-15(2)9-13(12)14(16)17-3/h4-9H,1-3H3. The van der Waals surface area contributed by atoms with Gasteiger partial charge in [0.1, 0.15) is 0 Å². The molecule has 0 aliphatic rings. The summed E-state index contributed by atoms with van der Waals surface area (Å²) < 4.78 is 6.65. The molecule has 17 heavy (non-hydrogen) atoms. The highest BCUT2D eigenvalue weighted by molar-refractivity contribution is 5.97. The van der Waals surface area contributed by atoms with Gasteiger partial charge in [-0.25, -0.2) is 4.79 Å². The first-order valence-corrected chi connectivity index (χ1v) is 5.43. The Morgan fingerprint density at radius 1 is 1.29 bits per heavy atom. The number of aryl methyl sites for hydroxylation is 2. The quantitative estimate of drug-likeness (QED) is 0.741. The SMILES string of the molecule is COC(=O)c1cn(C)cc1-c1cccc(C)c1. The molecule has 1 heterocycles. The Bertz CT molecular complexity index is 555. The first-order chi connectivity index (χ1) is 8.11. The fourth-order valence-corrected chi connectivity index (χ4v) is 1.90. The van der Waals surface area contributed by atoms with Crippen LogP contribution in [0.15, 0.2) is 36.7 Å². The van der Waals surface area contributed by atoms with Crippen LogP contribution in [0, 0.1) is 6.92 Å². The fourth-order valence-electron chi connectivity index (χ4n) is 1.90. The van der Waals surface area contributed by atoms with Gasteiger partial charge >= 0.3 is 5.97 Å². The van der Waals surface area contributed by atoms with Gasteiger partial charge in [-0.15, -0.1) is 0 Å². The van der Waals surface area contributed by atoms with E-state index in [1.54, 1.807) is 6.20 Å². The Kier molecular flexibility index (Phi) is 3.00. The number of esters is 1. The van der Waals surface area contributed by atoms with Crippen LogP contribution in [-0.4, -0.2) is 17.6 Å². The smallest absolute Gasteiger partial charge is 0.340 e. The van der Waals surface area contributed by atoms with Crippen LogP contribution in [0.1, 0.15) is 15.9 Å². The van der Waals surface area contributed by atoms with E-state index in [2.05, 4.69) is 6.07 Å². The predicted molar refractivity (Wildman–Crippen MR) is 66.9 cm³/mol. The van der Waals surface area contributed by atoms with E-state index >= 15 is 0 Å². The highest BCUT2D eigenvalue weighted by Crippen LogP contribution is 2.25. The number of methoxy groups -OCH3 is 1. The minimum atomic E-state index is -0.304. The second kappa shape index (κ2) is 4.45. The van der Waals surface area contributed by atoms with Crippen molar-refractivity contribution in [3.8, 4) is 11.1 Å². The van der Waals surface area contributed by atoms with Crippen molar-refractivity contribution < 1.29 is 9.53 Å². The molecule has 0 radical (unpaired) electrons. The van der Waals surface area contributed by atoms with Crippen molar-refractivity contribution in [2.24, 2.45) is 7.05 Å². The number of benzene rings is 1. The third kappa shape index (κ3) is 2.23. The molecule has 0 bridgehead atoms. The van der Waals surface area contributed by atoms with Crippen molar-refractivity contribution in [2.45, 2.75) is 6.92 Å². The summed E-state index contributed by atoms with van der Waals surface area (Å²) in [6, 6.07) is 8.07. The van der Waals surface area contributed by atoms with Gasteiger partial charge in [0.05, 0.1) is 12.7 Å². The summed E-state index contributed by atoms with van der Waals surface area (Å²) in [6.45, 7) is 2.03. The lowest BCUT2D eigenvalue weighted by molar-refractivity contribution is 0.0601. The van der Waals surface area contributed by atoms with Crippen molar-refractivity contribution >= 4 is 5.97 Å². The number of hydrogen-bond donors (Lipinski definition) is 0. The summed E-state index contributed by atoms with van der Waals surface area (Å²) in [7, 11) is 3.29. The molecule has 0 amide bonds. The molecule has 0 saturated heterocycles. The monoisotopic (exact) mass is 229 g/mol.